The number of carbonyl (C=O) groups is 1. The summed E-state index contributed by atoms with van der Waals surface area (Å²) in [6.45, 7) is 9.22. The van der Waals surface area contributed by atoms with E-state index in [9.17, 15) is 4.79 Å². The number of anilines is 1. The Labute approximate surface area is 131 Å². The lowest BCUT2D eigenvalue weighted by atomic mass is 10.1. The normalized spacial score (nSPS) is 12.8. The van der Waals surface area contributed by atoms with Gasteiger partial charge in [-0.3, -0.25) is 0 Å². The summed E-state index contributed by atoms with van der Waals surface area (Å²) in [6, 6.07) is 7.63. The van der Waals surface area contributed by atoms with E-state index in [4.69, 9.17) is 5.11 Å². The van der Waals surface area contributed by atoms with Gasteiger partial charge in [0, 0.05) is 28.5 Å². The molecule has 0 spiro atoms. The van der Waals surface area contributed by atoms with Gasteiger partial charge in [-0.1, -0.05) is 27.7 Å². The molecule has 118 valence electrons. The van der Waals surface area contributed by atoms with Crippen molar-refractivity contribution in [2.24, 2.45) is 5.92 Å². The van der Waals surface area contributed by atoms with E-state index in [0.717, 1.165) is 5.69 Å². The van der Waals surface area contributed by atoms with Crippen molar-refractivity contribution in [2.75, 3.05) is 18.5 Å². The minimum absolute atomic E-state index is 0.150. The van der Waals surface area contributed by atoms with E-state index in [1.54, 1.807) is 11.8 Å². The molecule has 0 aliphatic carbocycles. The Morgan fingerprint density at radius 2 is 1.90 bits per heavy atom. The number of benzene rings is 1. The van der Waals surface area contributed by atoms with Crippen molar-refractivity contribution in [3.63, 3.8) is 0 Å². The van der Waals surface area contributed by atoms with E-state index in [2.05, 4.69) is 31.4 Å². The van der Waals surface area contributed by atoms with Crippen LogP contribution in [-0.2, 0) is 0 Å². The molecule has 21 heavy (non-hydrogen) atoms. The van der Waals surface area contributed by atoms with Crippen molar-refractivity contribution in [1.29, 1.82) is 0 Å². The van der Waals surface area contributed by atoms with Gasteiger partial charge in [-0.25, -0.2) is 4.79 Å². The van der Waals surface area contributed by atoms with Crippen LogP contribution in [0.5, 0.6) is 0 Å². The van der Waals surface area contributed by atoms with Crippen molar-refractivity contribution in [3.05, 3.63) is 24.3 Å². The molecule has 0 saturated carbocycles. The minimum atomic E-state index is -0.212. The first-order chi connectivity index (χ1) is 9.80. The molecule has 1 aromatic rings. The van der Waals surface area contributed by atoms with Crippen molar-refractivity contribution in [3.8, 4) is 0 Å². The quantitative estimate of drug-likeness (QED) is 0.702. The van der Waals surface area contributed by atoms with Gasteiger partial charge in [0.25, 0.3) is 0 Å². The van der Waals surface area contributed by atoms with Crippen molar-refractivity contribution in [2.45, 2.75) is 43.8 Å². The number of urea groups is 1. The second-order valence-corrected chi connectivity index (χ2v) is 8.09. The van der Waals surface area contributed by atoms with Crippen molar-refractivity contribution in [1.82, 2.24) is 5.32 Å². The molecule has 1 aromatic carbocycles. The molecular weight excluding hydrogens is 284 g/mol. The lowest BCUT2D eigenvalue weighted by Gasteiger charge is -2.17. The molecule has 0 saturated heterocycles. The van der Waals surface area contributed by atoms with Crippen LogP contribution in [0.1, 0.15) is 34.1 Å². The number of rotatable bonds is 6. The van der Waals surface area contributed by atoms with Gasteiger partial charge in [0.15, 0.2) is 0 Å². The van der Waals surface area contributed by atoms with Crippen LogP contribution in [0.4, 0.5) is 10.5 Å². The fourth-order valence-electron chi connectivity index (χ4n) is 1.72. The van der Waals surface area contributed by atoms with Crippen LogP contribution in [0.3, 0.4) is 0 Å². The van der Waals surface area contributed by atoms with Gasteiger partial charge < -0.3 is 15.7 Å². The number of amides is 2. The molecule has 0 unspecified atom stereocenters. The highest BCUT2D eigenvalue weighted by Gasteiger charge is 2.12. The third-order valence-corrected chi connectivity index (χ3v) is 3.89. The van der Waals surface area contributed by atoms with Crippen LogP contribution in [0.2, 0.25) is 0 Å². The van der Waals surface area contributed by atoms with Gasteiger partial charge in [-0.15, -0.1) is 11.8 Å². The summed E-state index contributed by atoms with van der Waals surface area (Å²) in [5, 5.41) is 14.4. The monoisotopic (exact) mass is 310 g/mol. The van der Waals surface area contributed by atoms with E-state index in [1.807, 2.05) is 31.2 Å². The molecule has 4 nitrogen and oxygen atoms in total. The van der Waals surface area contributed by atoms with E-state index < -0.39 is 0 Å². The van der Waals surface area contributed by atoms with Crippen LogP contribution in [0.25, 0.3) is 0 Å². The number of carbonyl (C=O) groups excluding carboxylic acids is 1. The van der Waals surface area contributed by atoms with Crippen LogP contribution in [-0.4, -0.2) is 29.0 Å². The molecule has 0 aliphatic rings. The summed E-state index contributed by atoms with van der Waals surface area (Å²) < 4.78 is 0.176. The van der Waals surface area contributed by atoms with Crippen molar-refractivity contribution >= 4 is 23.5 Å². The molecular formula is C16H26N2O2S. The van der Waals surface area contributed by atoms with Crippen LogP contribution >= 0.6 is 11.8 Å². The summed E-state index contributed by atoms with van der Waals surface area (Å²) in [4.78, 5) is 12.9. The van der Waals surface area contributed by atoms with Gasteiger partial charge in [-0.2, -0.15) is 0 Å². The highest BCUT2D eigenvalue weighted by Crippen LogP contribution is 2.32. The Kier molecular flexibility index (Phi) is 7.05. The second-order valence-electron chi connectivity index (χ2n) is 6.19. The fraction of sp³-hybridized carbons (Fsp3) is 0.562. The molecule has 0 aromatic heterocycles. The largest absolute Gasteiger partial charge is 0.396 e. The van der Waals surface area contributed by atoms with Gasteiger partial charge >= 0.3 is 6.03 Å². The van der Waals surface area contributed by atoms with Crippen LogP contribution < -0.4 is 10.6 Å². The SMILES string of the molecule is C[C@@H](CCO)CNC(=O)Nc1ccc(SC(C)(C)C)cc1. The lowest BCUT2D eigenvalue weighted by Crippen LogP contribution is -2.32. The molecule has 0 bridgehead atoms. The summed E-state index contributed by atoms with van der Waals surface area (Å²) in [5.74, 6) is 0.270. The first-order valence-corrected chi connectivity index (χ1v) is 8.06. The summed E-state index contributed by atoms with van der Waals surface area (Å²) in [6.07, 6.45) is 0.693. The summed E-state index contributed by atoms with van der Waals surface area (Å²) in [5.41, 5.74) is 0.778. The maximum absolute atomic E-state index is 11.7. The molecule has 2 amide bonds. The Morgan fingerprint density at radius 1 is 1.29 bits per heavy atom. The van der Waals surface area contributed by atoms with E-state index >= 15 is 0 Å². The average molecular weight is 310 g/mol. The molecule has 1 rings (SSSR count). The average Bonchev–Trinajstić information content (AvgIpc) is 2.37. The van der Waals surface area contributed by atoms with Crippen LogP contribution in [0, 0.1) is 5.92 Å². The zero-order valence-corrected chi connectivity index (χ0v) is 14.1. The Bertz CT molecular complexity index is 441. The zero-order chi connectivity index (χ0) is 15.9. The lowest BCUT2D eigenvalue weighted by molar-refractivity contribution is 0.243. The molecule has 1 atom stereocenters. The smallest absolute Gasteiger partial charge is 0.319 e. The first kappa shape index (κ1) is 17.9. The molecule has 0 aliphatic heterocycles. The van der Waals surface area contributed by atoms with E-state index in [-0.39, 0.29) is 23.3 Å². The summed E-state index contributed by atoms with van der Waals surface area (Å²) in [7, 11) is 0. The maximum Gasteiger partial charge on any atom is 0.319 e. The second kappa shape index (κ2) is 8.29. The van der Waals surface area contributed by atoms with E-state index in [0.29, 0.717) is 13.0 Å². The number of aliphatic hydroxyl groups is 1. The third-order valence-electron chi connectivity index (χ3n) is 2.77. The first-order valence-electron chi connectivity index (χ1n) is 7.25. The number of aliphatic hydroxyl groups excluding tert-OH is 1. The standard InChI is InChI=1S/C16H26N2O2S/c1-12(9-10-19)11-17-15(20)18-13-5-7-14(8-6-13)21-16(2,3)4/h5-8,12,19H,9-11H2,1-4H3,(H2,17,18,20)/t12-/m0/s1. The van der Waals surface area contributed by atoms with Gasteiger partial charge in [0.05, 0.1) is 0 Å². The van der Waals surface area contributed by atoms with Crippen LogP contribution in [0.15, 0.2) is 29.2 Å². The Hall–Kier alpha value is -1.20. The predicted octanol–water partition coefficient (Wildman–Crippen LogP) is 3.72. The Morgan fingerprint density at radius 3 is 2.43 bits per heavy atom. The maximum atomic E-state index is 11.7. The minimum Gasteiger partial charge on any atom is -0.396 e. The van der Waals surface area contributed by atoms with E-state index in [1.165, 1.54) is 4.90 Å². The molecule has 0 fully saturated rings. The fourth-order valence-corrected chi connectivity index (χ4v) is 2.70. The Balaban J connectivity index is 2.43. The molecule has 0 radical (unpaired) electrons. The number of thioether (sulfide) groups is 1. The predicted molar refractivity (Wildman–Crippen MR) is 89.9 cm³/mol. The van der Waals surface area contributed by atoms with Gasteiger partial charge in [0.2, 0.25) is 0 Å². The molecule has 0 heterocycles. The highest BCUT2D eigenvalue weighted by molar-refractivity contribution is 8.00. The number of nitrogens with one attached hydrogen (secondary N) is 2. The van der Waals surface area contributed by atoms with Gasteiger partial charge in [0.1, 0.15) is 0 Å². The molecule has 3 N–H and O–H groups in total. The summed E-state index contributed by atoms with van der Waals surface area (Å²) >= 11 is 1.80. The molecule has 5 heteroatoms. The van der Waals surface area contributed by atoms with Gasteiger partial charge in [-0.05, 0) is 36.6 Å². The number of hydrogen-bond donors (Lipinski definition) is 3. The number of hydrogen-bond acceptors (Lipinski definition) is 3. The topological polar surface area (TPSA) is 61.4 Å². The van der Waals surface area contributed by atoms with Crippen molar-refractivity contribution < 1.29 is 9.90 Å². The third kappa shape index (κ3) is 7.97. The highest BCUT2D eigenvalue weighted by atomic mass is 32.2. The zero-order valence-electron chi connectivity index (χ0n) is 13.3.